The van der Waals surface area contributed by atoms with E-state index < -0.39 is 0 Å². The molecule has 1 aromatic heterocycles. The van der Waals surface area contributed by atoms with Crippen molar-refractivity contribution in [3.8, 4) is 0 Å². The van der Waals surface area contributed by atoms with Gasteiger partial charge in [0.05, 0.1) is 0 Å². The molecular formula is C13H14BrFN2. The highest BCUT2D eigenvalue weighted by atomic mass is 79.9. The molecule has 0 unspecified atom stereocenters. The van der Waals surface area contributed by atoms with Crippen LogP contribution >= 0.6 is 15.9 Å². The number of benzene rings is 1. The van der Waals surface area contributed by atoms with E-state index in [1.165, 1.54) is 11.6 Å². The van der Waals surface area contributed by atoms with Crippen LogP contribution in [0.15, 0.2) is 41.1 Å². The van der Waals surface area contributed by atoms with Crippen LogP contribution in [0.25, 0.3) is 0 Å². The van der Waals surface area contributed by atoms with Gasteiger partial charge in [0.25, 0.3) is 0 Å². The summed E-state index contributed by atoms with van der Waals surface area (Å²) >= 11 is 3.30. The average molecular weight is 297 g/mol. The number of nitrogens with one attached hydrogen (secondary N) is 1. The first-order valence-corrected chi connectivity index (χ1v) is 6.21. The highest BCUT2D eigenvalue weighted by molar-refractivity contribution is 9.10. The third-order valence-electron chi connectivity index (χ3n) is 2.48. The zero-order valence-corrected chi connectivity index (χ0v) is 11.2. The van der Waals surface area contributed by atoms with Gasteiger partial charge in [0.2, 0.25) is 0 Å². The van der Waals surface area contributed by atoms with Crippen molar-refractivity contribution in [1.29, 1.82) is 0 Å². The predicted molar refractivity (Wildman–Crippen MR) is 70.4 cm³/mol. The monoisotopic (exact) mass is 296 g/mol. The topological polar surface area (TPSA) is 17.0 Å². The van der Waals surface area contributed by atoms with Crippen molar-refractivity contribution >= 4 is 15.9 Å². The van der Waals surface area contributed by atoms with E-state index in [9.17, 15) is 4.39 Å². The van der Waals surface area contributed by atoms with E-state index in [0.29, 0.717) is 6.54 Å². The van der Waals surface area contributed by atoms with E-state index in [2.05, 4.69) is 33.5 Å². The van der Waals surface area contributed by atoms with Gasteiger partial charge in [-0.25, -0.2) is 4.39 Å². The van der Waals surface area contributed by atoms with Crippen molar-refractivity contribution in [3.05, 3.63) is 58.1 Å². The van der Waals surface area contributed by atoms with Gasteiger partial charge >= 0.3 is 0 Å². The van der Waals surface area contributed by atoms with Gasteiger partial charge in [-0.15, -0.1) is 0 Å². The molecule has 0 atom stereocenters. The van der Waals surface area contributed by atoms with Crippen LogP contribution in [0.2, 0.25) is 0 Å². The minimum atomic E-state index is -0.211. The van der Waals surface area contributed by atoms with Gasteiger partial charge < -0.3 is 9.88 Å². The van der Waals surface area contributed by atoms with E-state index in [0.717, 1.165) is 16.6 Å². The largest absolute Gasteiger partial charge is 0.350 e. The number of aromatic nitrogens is 1. The molecule has 0 bridgehead atoms. The molecule has 0 fully saturated rings. The molecule has 17 heavy (non-hydrogen) atoms. The van der Waals surface area contributed by atoms with Crippen LogP contribution in [-0.4, -0.2) is 11.6 Å². The Morgan fingerprint density at radius 2 is 2.12 bits per heavy atom. The fourth-order valence-corrected chi connectivity index (χ4v) is 2.32. The van der Waals surface area contributed by atoms with Crippen LogP contribution in [0.5, 0.6) is 0 Å². The molecule has 1 N–H and O–H groups in total. The van der Waals surface area contributed by atoms with E-state index in [1.54, 1.807) is 6.07 Å². The van der Waals surface area contributed by atoms with Crippen molar-refractivity contribution in [2.24, 2.45) is 0 Å². The second kappa shape index (κ2) is 5.47. The molecule has 0 aliphatic rings. The van der Waals surface area contributed by atoms with Crippen LogP contribution in [0, 0.1) is 5.82 Å². The molecule has 0 aliphatic heterocycles. The lowest BCUT2D eigenvalue weighted by atomic mass is 10.2. The Labute approximate surface area is 109 Å². The molecule has 0 radical (unpaired) electrons. The Hall–Kier alpha value is -1.13. The second-order valence-electron chi connectivity index (χ2n) is 4.00. The lowest BCUT2D eigenvalue weighted by Crippen LogP contribution is -2.04. The SMILES string of the molecule is CNCc1ccn(Cc2cc(F)cc(Br)c2)c1. The smallest absolute Gasteiger partial charge is 0.124 e. The van der Waals surface area contributed by atoms with Crippen LogP contribution < -0.4 is 5.32 Å². The molecule has 2 nitrogen and oxygen atoms in total. The summed E-state index contributed by atoms with van der Waals surface area (Å²) in [5.74, 6) is -0.211. The standard InChI is InChI=1S/C13H14BrFN2/c1-16-7-10-2-3-17(8-10)9-11-4-12(14)6-13(15)5-11/h2-6,8,16H,7,9H2,1H3. The maximum Gasteiger partial charge on any atom is 0.124 e. The van der Waals surface area contributed by atoms with Crippen LogP contribution in [0.1, 0.15) is 11.1 Å². The van der Waals surface area contributed by atoms with Crippen molar-refractivity contribution in [2.45, 2.75) is 13.1 Å². The molecule has 0 aliphatic carbocycles. The van der Waals surface area contributed by atoms with Crippen LogP contribution in [0.4, 0.5) is 4.39 Å². The fourth-order valence-electron chi connectivity index (χ4n) is 1.81. The first-order valence-electron chi connectivity index (χ1n) is 5.41. The molecular weight excluding hydrogens is 283 g/mol. The Morgan fingerprint density at radius 3 is 2.82 bits per heavy atom. The maximum absolute atomic E-state index is 13.2. The van der Waals surface area contributed by atoms with Crippen molar-refractivity contribution in [1.82, 2.24) is 9.88 Å². The number of rotatable bonds is 4. The van der Waals surface area contributed by atoms with Crippen LogP contribution in [-0.2, 0) is 13.1 Å². The average Bonchev–Trinajstić information content (AvgIpc) is 2.64. The van der Waals surface area contributed by atoms with Gasteiger partial charge in [0, 0.05) is 30.0 Å². The van der Waals surface area contributed by atoms with Gasteiger partial charge in [0.1, 0.15) is 5.82 Å². The summed E-state index contributed by atoms with van der Waals surface area (Å²) in [7, 11) is 1.92. The molecule has 2 rings (SSSR count). The summed E-state index contributed by atoms with van der Waals surface area (Å²) in [6.07, 6.45) is 4.07. The van der Waals surface area contributed by atoms with Crippen molar-refractivity contribution < 1.29 is 4.39 Å². The lowest BCUT2D eigenvalue weighted by molar-refractivity contribution is 0.622. The summed E-state index contributed by atoms with van der Waals surface area (Å²) in [6.45, 7) is 1.53. The molecule has 0 saturated carbocycles. The molecule has 0 amide bonds. The molecule has 2 aromatic rings. The second-order valence-corrected chi connectivity index (χ2v) is 4.92. The Kier molecular flexibility index (Phi) is 3.97. The quantitative estimate of drug-likeness (QED) is 0.917. The fraction of sp³-hybridized carbons (Fsp3) is 0.231. The maximum atomic E-state index is 13.2. The van der Waals surface area contributed by atoms with Crippen molar-refractivity contribution in [2.75, 3.05) is 7.05 Å². The molecule has 4 heteroatoms. The molecule has 1 heterocycles. The molecule has 90 valence electrons. The summed E-state index contributed by atoms with van der Waals surface area (Å²) < 4.78 is 16.0. The summed E-state index contributed by atoms with van der Waals surface area (Å²) in [6, 6.07) is 7.01. The van der Waals surface area contributed by atoms with Gasteiger partial charge in [-0.3, -0.25) is 0 Å². The van der Waals surface area contributed by atoms with Gasteiger partial charge in [-0.05, 0) is 42.4 Å². The molecule has 1 aromatic carbocycles. The van der Waals surface area contributed by atoms with Crippen LogP contribution in [0.3, 0.4) is 0 Å². The third-order valence-corrected chi connectivity index (χ3v) is 2.94. The van der Waals surface area contributed by atoms with Gasteiger partial charge in [-0.2, -0.15) is 0 Å². The molecule has 0 spiro atoms. The van der Waals surface area contributed by atoms with Gasteiger partial charge in [0.15, 0.2) is 0 Å². The van der Waals surface area contributed by atoms with E-state index >= 15 is 0 Å². The first-order chi connectivity index (χ1) is 8.17. The number of hydrogen-bond donors (Lipinski definition) is 1. The first kappa shape index (κ1) is 12.3. The van der Waals surface area contributed by atoms with E-state index in [4.69, 9.17) is 0 Å². The minimum Gasteiger partial charge on any atom is -0.350 e. The Balaban J connectivity index is 2.13. The molecule has 0 saturated heterocycles. The number of nitrogens with zero attached hydrogens (tertiary/aromatic N) is 1. The normalized spacial score (nSPS) is 10.8. The van der Waals surface area contributed by atoms with Gasteiger partial charge in [-0.1, -0.05) is 15.9 Å². The Bertz CT molecular complexity index is 488. The zero-order valence-electron chi connectivity index (χ0n) is 9.58. The zero-order chi connectivity index (χ0) is 12.3. The summed E-state index contributed by atoms with van der Waals surface area (Å²) in [4.78, 5) is 0. The van der Waals surface area contributed by atoms with E-state index in [1.807, 2.05) is 23.9 Å². The summed E-state index contributed by atoms with van der Waals surface area (Å²) in [5, 5.41) is 3.10. The Morgan fingerprint density at radius 1 is 1.29 bits per heavy atom. The van der Waals surface area contributed by atoms with Crippen molar-refractivity contribution in [3.63, 3.8) is 0 Å². The lowest BCUT2D eigenvalue weighted by Gasteiger charge is -2.04. The highest BCUT2D eigenvalue weighted by Gasteiger charge is 2.01. The predicted octanol–water partition coefficient (Wildman–Crippen LogP) is 3.16. The third kappa shape index (κ3) is 3.41. The van der Waals surface area contributed by atoms with E-state index in [-0.39, 0.29) is 5.82 Å². The number of hydrogen-bond acceptors (Lipinski definition) is 1. The summed E-state index contributed by atoms with van der Waals surface area (Å²) in [5.41, 5.74) is 2.17. The number of halogens is 2. The highest BCUT2D eigenvalue weighted by Crippen LogP contribution is 2.16. The minimum absolute atomic E-state index is 0.211.